The SMILES string of the molecule is CS(=O)(=O)N(CCC(=O)NC1CC1)c1c(Cl)cccc1Cl. The van der Waals surface area contributed by atoms with E-state index >= 15 is 0 Å². The van der Waals surface area contributed by atoms with E-state index in [1.807, 2.05) is 0 Å². The van der Waals surface area contributed by atoms with Crippen molar-refractivity contribution in [2.45, 2.75) is 25.3 Å². The van der Waals surface area contributed by atoms with E-state index in [9.17, 15) is 13.2 Å². The third kappa shape index (κ3) is 4.49. The zero-order chi connectivity index (χ0) is 15.6. The van der Waals surface area contributed by atoms with Gasteiger partial charge >= 0.3 is 0 Å². The van der Waals surface area contributed by atoms with E-state index in [4.69, 9.17) is 23.2 Å². The van der Waals surface area contributed by atoms with Crippen molar-refractivity contribution < 1.29 is 13.2 Å². The Hall–Kier alpha value is -0.980. The standard InChI is InChI=1S/C13H16Cl2N2O3S/c1-21(19,20)17(8-7-12(18)16-9-5-6-9)13-10(14)3-2-4-11(13)15/h2-4,9H,5-8H2,1H3,(H,16,18). The summed E-state index contributed by atoms with van der Waals surface area (Å²) in [5.74, 6) is -0.172. The third-order valence-electron chi connectivity index (χ3n) is 3.07. The van der Waals surface area contributed by atoms with E-state index < -0.39 is 10.0 Å². The number of sulfonamides is 1. The van der Waals surface area contributed by atoms with Gasteiger partial charge in [-0.1, -0.05) is 29.3 Å². The molecular formula is C13H16Cl2N2O3S. The second kappa shape index (κ2) is 6.42. The predicted molar refractivity (Wildman–Crippen MR) is 84.4 cm³/mol. The molecule has 1 fully saturated rings. The number of para-hydroxylation sites is 1. The smallest absolute Gasteiger partial charge is 0.232 e. The van der Waals surface area contributed by atoms with Crippen LogP contribution >= 0.6 is 23.2 Å². The lowest BCUT2D eigenvalue weighted by Crippen LogP contribution is -2.35. The molecule has 1 aromatic carbocycles. The van der Waals surface area contributed by atoms with Gasteiger partial charge in [0.15, 0.2) is 0 Å². The number of amides is 1. The molecule has 1 aliphatic carbocycles. The molecule has 5 nitrogen and oxygen atoms in total. The van der Waals surface area contributed by atoms with E-state index in [0.29, 0.717) is 0 Å². The molecule has 0 aromatic heterocycles. The Morgan fingerprint density at radius 2 is 1.90 bits per heavy atom. The molecule has 1 N–H and O–H groups in total. The second-order valence-electron chi connectivity index (χ2n) is 5.00. The zero-order valence-electron chi connectivity index (χ0n) is 11.5. The number of hydrogen-bond donors (Lipinski definition) is 1. The number of benzene rings is 1. The van der Waals surface area contributed by atoms with Gasteiger partial charge in [0, 0.05) is 19.0 Å². The highest BCUT2D eigenvalue weighted by atomic mass is 35.5. The Bertz CT molecular complexity index is 625. The first-order chi connectivity index (χ1) is 9.79. The lowest BCUT2D eigenvalue weighted by atomic mass is 10.3. The minimum absolute atomic E-state index is 0.000833. The molecule has 8 heteroatoms. The third-order valence-corrected chi connectivity index (χ3v) is 4.85. The Kier molecular flexibility index (Phi) is 5.01. The predicted octanol–water partition coefficient (Wildman–Crippen LogP) is 2.43. The molecule has 0 heterocycles. The van der Waals surface area contributed by atoms with E-state index in [-0.39, 0.29) is 40.6 Å². The summed E-state index contributed by atoms with van der Waals surface area (Å²) in [6, 6.07) is 5.00. The number of nitrogens with zero attached hydrogens (tertiary/aromatic N) is 1. The van der Waals surface area contributed by atoms with Crippen LogP contribution in [0.25, 0.3) is 0 Å². The van der Waals surface area contributed by atoms with Crippen LogP contribution < -0.4 is 9.62 Å². The Morgan fingerprint density at radius 3 is 2.38 bits per heavy atom. The van der Waals surface area contributed by atoms with E-state index in [1.54, 1.807) is 18.2 Å². The van der Waals surface area contributed by atoms with Gasteiger partial charge < -0.3 is 5.32 Å². The molecule has 0 unspecified atom stereocenters. The van der Waals surface area contributed by atoms with Gasteiger partial charge in [-0.25, -0.2) is 8.42 Å². The van der Waals surface area contributed by atoms with Crippen LogP contribution in [0.2, 0.25) is 10.0 Å². The van der Waals surface area contributed by atoms with Gasteiger partial charge in [0.25, 0.3) is 0 Å². The van der Waals surface area contributed by atoms with Crippen molar-refractivity contribution in [2.75, 3.05) is 17.1 Å². The highest BCUT2D eigenvalue weighted by Gasteiger charge is 2.26. The summed E-state index contributed by atoms with van der Waals surface area (Å²) >= 11 is 12.1. The van der Waals surface area contributed by atoms with Crippen molar-refractivity contribution in [3.05, 3.63) is 28.2 Å². The van der Waals surface area contributed by atoms with Gasteiger partial charge in [0.2, 0.25) is 15.9 Å². The van der Waals surface area contributed by atoms with Crippen LogP contribution in [0.1, 0.15) is 19.3 Å². The fraction of sp³-hybridized carbons (Fsp3) is 0.462. The lowest BCUT2D eigenvalue weighted by molar-refractivity contribution is -0.121. The summed E-state index contributed by atoms with van der Waals surface area (Å²) in [6.45, 7) is 0.000833. The Labute approximate surface area is 134 Å². The average molecular weight is 351 g/mol. The molecule has 0 radical (unpaired) electrons. The first kappa shape index (κ1) is 16.4. The zero-order valence-corrected chi connectivity index (χ0v) is 13.8. The molecular weight excluding hydrogens is 335 g/mol. The summed E-state index contributed by atoms with van der Waals surface area (Å²) in [4.78, 5) is 11.7. The number of anilines is 1. The normalized spacial score (nSPS) is 14.8. The molecule has 2 rings (SSSR count). The number of nitrogens with one attached hydrogen (secondary N) is 1. The Balaban J connectivity index is 2.17. The minimum Gasteiger partial charge on any atom is -0.353 e. The van der Waals surface area contributed by atoms with Crippen LogP contribution in [0.3, 0.4) is 0 Å². The molecule has 116 valence electrons. The molecule has 0 bridgehead atoms. The average Bonchev–Trinajstić information content (AvgIpc) is 3.15. The van der Waals surface area contributed by atoms with Gasteiger partial charge in [0.1, 0.15) is 0 Å². The first-order valence-electron chi connectivity index (χ1n) is 6.50. The van der Waals surface area contributed by atoms with E-state index in [0.717, 1.165) is 23.4 Å². The van der Waals surface area contributed by atoms with Crippen LogP contribution in [-0.2, 0) is 14.8 Å². The van der Waals surface area contributed by atoms with Crippen LogP contribution in [0.4, 0.5) is 5.69 Å². The summed E-state index contributed by atoms with van der Waals surface area (Å²) in [6.07, 6.45) is 3.09. The van der Waals surface area contributed by atoms with Crippen molar-refractivity contribution in [3.8, 4) is 0 Å². The molecule has 0 atom stereocenters. The maximum absolute atomic E-state index is 12.0. The molecule has 21 heavy (non-hydrogen) atoms. The lowest BCUT2D eigenvalue weighted by Gasteiger charge is -2.24. The van der Waals surface area contributed by atoms with Gasteiger partial charge in [-0.15, -0.1) is 0 Å². The molecule has 1 aromatic rings. The fourth-order valence-electron chi connectivity index (χ4n) is 1.90. The van der Waals surface area contributed by atoms with Crippen LogP contribution in [-0.4, -0.2) is 33.2 Å². The summed E-state index contributed by atoms with van der Waals surface area (Å²) in [5, 5.41) is 3.28. The Morgan fingerprint density at radius 1 is 1.33 bits per heavy atom. The van der Waals surface area contributed by atoms with Crippen molar-refractivity contribution >= 4 is 44.8 Å². The molecule has 1 amide bonds. The number of carbonyl (C=O) groups excluding carboxylic acids is 1. The van der Waals surface area contributed by atoms with E-state index in [1.165, 1.54) is 0 Å². The molecule has 0 spiro atoms. The monoisotopic (exact) mass is 350 g/mol. The summed E-state index contributed by atoms with van der Waals surface area (Å²) < 4.78 is 25.0. The number of carbonyl (C=O) groups is 1. The molecule has 0 saturated heterocycles. The molecule has 1 aliphatic rings. The van der Waals surface area contributed by atoms with Gasteiger partial charge in [0.05, 0.1) is 22.0 Å². The topological polar surface area (TPSA) is 66.5 Å². The van der Waals surface area contributed by atoms with E-state index in [2.05, 4.69) is 5.32 Å². The first-order valence-corrected chi connectivity index (χ1v) is 9.10. The maximum atomic E-state index is 12.0. The second-order valence-corrected chi connectivity index (χ2v) is 7.72. The molecule has 0 aliphatic heterocycles. The number of rotatable bonds is 6. The van der Waals surface area contributed by atoms with Crippen molar-refractivity contribution in [1.29, 1.82) is 0 Å². The maximum Gasteiger partial charge on any atom is 0.232 e. The highest BCUT2D eigenvalue weighted by molar-refractivity contribution is 7.92. The van der Waals surface area contributed by atoms with Crippen LogP contribution in [0.15, 0.2) is 18.2 Å². The minimum atomic E-state index is -3.59. The van der Waals surface area contributed by atoms with Crippen molar-refractivity contribution in [2.24, 2.45) is 0 Å². The van der Waals surface area contributed by atoms with Gasteiger partial charge in [-0.05, 0) is 25.0 Å². The largest absolute Gasteiger partial charge is 0.353 e. The quantitative estimate of drug-likeness (QED) is 0.856. The van der Waals surface area contributed by atoms with Gasteiger partial charge in [-0.2, -0.15) is 0 Å². The summed E-state index contributed by atoms with van der Waals surface area (Å²) in [7, 11) is -3.59. The van der Waals surface area contributed by atoms with Crippen LogP contribution in [0, 0.1) is 0 Å². The van der Waals surface area contributed by atoms with Crippen LogP contribution in [0.5, 0.6) is 0 Å². The highest BCUT2D eigenvalue weighted by Crippen LogP contribution is 2.35. The number of hydrogen-bond acceptors (Lipinski definition) is 3. The van der Waals surface area contributed by atoms with Gasteiger partial charge in [-0.3, -0.25) is 9.10 Å². The van der Waals surface area contributed by atoms with Crippen molar-refractivity contribution in [3.63, 3.8) is 0 Å². The summed E-state index contributed by atoms with van der Waals surface area (Å²) in [5.41, 5.74) is 0.211. The fourth-order valence-corrected chi connectivity index (χ4v) is 3.55. The van der Waals surface area contributed by atoms with Crippen molar-refractivity contribution in [1.82, 2.24) is 5.32 Å². The number of halogens is 2. The molecule has 1 saturated carbocycles.